The first-order valence-corrected chi connectivity index (χ1v) is 24.7. The molecule has 0 bridgehead atoms. The zero-order valence-electron chi connectivity index (χ0n) is 40.0. The number of carbonyl (C=O) groups is 3. The maximum absolute atomic E-state index is 12.7. The molecule has 0 amide bonds. The lowest BCUT2D eigenvalue weighted by Crippen LogP contribution is -2.30. The van der Waals surface area contributed by atoms with Crippen LogP contribution in [0.3, 0.4) is 0 Å². The van der Waals surface area contributed by atoms with Gasteiger partial charge in [0.05, 0.1) is 6.42 Å². The molecule has 0 aliphatic carbocycles. The van der Waals surface area contributed by atoms with E-state index in [1.54, 1.807) is 6.08 Å². The van der Waals surface area contributed by atoms with Gasteiger partial charge in [0.2, 0.25) is 0 Å². The van der Waals surface area contributed by atoms with Gasteiger partial charge in [0.1, 0.15) is 13.2 Å². The van der Waals surface area contributed by atoms with E-state index in [9.17, 15) is 14.4 Å². The number of allylic oxidation sites excluding steroid dienone is 21. The highest BCUT2D eigenvalue weighted by molar-refractivity contribution is 5.72. The van der Waals surface area contributed by atoms with Crippen LogP contribution in [-0.2, 0) is 28.6 Å². The normalized spacial score (nSPS) is 13.3. The van der Waals surface area contributed by atoms with Gasteiger partial charge in [-0.2, -0.15) is 0 Å². The fraction of sp³-hybridized carbons (Fsp3) is 0.561. The topological polar surface area (TPSA) is 78.9 Å². The molecule has 0 aliphatic rings. The summed E-state index contributed by atoms with van der Waals surface area (Å²) in [6.45, 7) is 6.22. The van der Waals surface area contributed by atoms with Gasteiger partial charge in [-0.15, -0.1) is 0 Å². The molecule has 6 nitrogen and oxygen atoms in total. The van der Waals surface area contributed by atoms with Crippen LogP contribution in [-0.4, -0.2) is 37.2 Å². The average Bonchev–Trinajstić information content (AvgIpc) is 3.28. The second-order valence-corrected chi connectivity index (χ2v) is 15.6. The summed E-state index contributed by atoms with van der Waals surface area (Å²) in [4.78, 5) is 37.8. The quantitative estimate of drug-likeness (QED) is 0.0263. The van der Waals surface area contributed by atoms with Crippen molar-refractivity contribution in [2.75, 3.05) is 13.2 Å². The molecule has 0 radical (unpaired) electrons. The number of hydrogen-bond donors (Lipinski definition) is 0. The predicted molar refractivity (Wildman–Crippen MR) is 269 cm³/mol. The number of rotatable bonds is 42. The Morgan fingerprint density at radius 3 is 1.13 bits per heavy atom. The van der Waals surface area contributed by atoms with Crippen LogP contribution in [0.2, 0.25) is 0 Å². The number of unbranched alkanes of at least 4 members (excludes halogenated alkanes) is 10. The Labute approximate surface area is 385 Å². The summed E-state index contributed by atoms with van der Waals surface area (Å²) in [5, 5.41) is 0. The van der Waals surface area contributed by atoms with E-state index in [0.29, 0.717) is 19.3 Å². The Morgan fingerprint density at radius 1 is 0.349 bits per heavy atom. The maximum Gasteiger partial charge on any atom is 0.310 e. The molecular weight excluding hydrogens is 781 g/mol. The van der Waals surface area contributed by atoms with Crippen molar-refractivity contribution in [3.63, 3.8) is 0 Å². The van der Waals surface area contributed by atoms with Gasteiger partial charge in [-0.1, -0.05) is 193 Å². The van der Waals surface area contributed by atoms with Crippen molar-refractivity contribution < 1.29 is 28.6 Å². The van der Waals surface area contributed by atoms with Crippen molar-refractivity contribution in [1.82, 2.24) is 0 Å². The van der Waals surface area contributed by atoms with Crippen molar-refractivity contribution in [1.29, 1.82) is 0 Å². The Morgan fingerprint density at radius 2 is 0.683 bits per heavy atom. The smallest absolute Gasteiger partial charge is 0.310 e. The summed E-state index contributed by atoms with van der Waals surface area (Å²) in [7, 11) is 0. The molecule has 0 aromatic carbocycles. The van der Waals surface area contributed by atoms with E-state index in [0.717, 1.165) is 96.3 Å². The summed E-state index contributed by atoms with van der Waals surface area (Å²) in [6, 6.07) is 0. The van der Waals surface area contributed by atoms with Crippen LogP contribution in [0.15, 0.2) is 134 Å². The van der Waals surface area contributed by atoms with Gasteiger partial charge in [0.15, 0.2) is 6.10 Å². The second kappa shape index (κ2) is 50.2. The highest BCUT2D eigenvalue weighted by Crippen LogP contribution is 2.11. The van der Waals surface area contributed by atoms with Crippen LogP contribution in [0.4, 0.5) is 0 Å². The molecule has 0 saturated heterocycles. The lowest BCUT2D eigenvalue weighted by molar-refractivity contribution is -0.166. The van der Waals surface area contributed by atoms with Gasteiger partial charge in [0.25, 0.3) is 0 Å². The SMILES string of the molecule is CC/C=C\C/C=C\C/C=C\C/C=C\C/C=C\CCCC(=O)OCC(COC(=O)CCCCCCC/C=C\CCCCCC)OC(=O)C/C=C\C/C=C\C/C=C\C/C=C\C/C=C\CC. The molecule has 1 atom stereocenters. The summed E-state index contributed by atoms with van der Waals surface area (Å²) in [5.41, 5.74) is 0. The zero-order valence-corrected chi connectivity index (χ0v) is 40.0. The highest BCUT2D eigenvalue weighted by atomic mass is 16.6. The number of ether oxygens (including phenoxy) is 3. The van der Waals surface area contributed by atoms with E-state index >= 15 is 0 Å². The van der Waals surface area contributed by atoms with E-state index in [4.69, 9.17) is 14.2 Å². The third kappa shape index (κ3) is 48.4. The molecule has 0 N–H and O–H groups in total. The molecular formula is C57H88O6. The highest BCUT2D eigenvalue weighted by Gasteiger charge is 2.19. The van der Waals surface area contributed by atoms with Crippen molar-refractivity contribution in [3.8, 4) is 0 Å². The molecule has 0 saturated carbocycles. The molecule has 0 spiro atoms. The molecule has 0 fully saturated rings. The molecule has 0 aromatic heterocycles. The van der Waals surface area contributed by atoms with Gasteiger partial charge in [-0.05, 0) is 109 Å². The average molecular weight is 869 g/mol. The lowest BCUT2D eigenvalue weighted by Gasteiger charge is -2.18. The fourth-order valence-electron chi connectivity index (χ4n) is 6.02. The maximum atomic E-state index is 12.7. The van der Waals surface area contributed by atoms with Crippen LogP contribution in [0.5, 0.6) is 0 Å². The van der Waals surface area contributed by atoms with Gasteiger partial charge >= 0.3 is 17.9 Å². The fourth-order valence-corrected chi connectivity index (χ4v) is 6.02. The van der Waals surface area contributed by atoms with Gasteiger partial charge < -0.3 is 14.2 Å². The third-order valence-corrected chi connectivity index (χ3v) is 9.65. The lowest BCUT2D eigenvalue weighted by atomic mass is 10.1. The molecule has 63 heavy (non-hydrogen) atoms. The summed E-state index contributed by atoms with van der Waals surface area (Å²) in [5.74, 6) is -1.16. The standard InChI is InChI=1S/C57H88O6/c1-4-7-10-13-16-19-22-25-27-28-30-32-35-38-41-44-47-50-56(59)62-53-54(52-61-55(58)49-46-43-40-37-34-31-24-21-18-15-12-9-6-3)63-57(60)51-48-45-42-39-36-33-29-26-23-20-17-14-11-8-5-2/h7-8,10-11,16-17,19-21,24-27,29-30,32,36,38-39,41,45,48,54H,4-6,9,12-15,18,22-23,28,31,33-35,37,40,42-44,46-47,49-53H2,1-3H3/b10-7-,11-8-,19-16-,20-17-,24-21-,27-25-,29-26-,32-30-,39-36-,41-38-,48-45-. The van der Waals surface area contributed by atoms with Gasteiger partial charge in [-0.3, -0.25) is 14.4 Å². The molecule has 0 aromatic rings. The van der Waals surface area contributed by atoms with E-state index in [1.807, 2.05) is 6.08 Å². The Hall–Kier alpha value is -4.45. The molecule has 6 heteroatoms. The minimum Gasteiger partial charge on any atom is -0.462 e. The van der Waals surface area contributed by atoms with Crippen molar-refractivity contribution in [2.45, 2.75) is 194 Å². The monoisotopic (exact) mass is 869 g/mol. The molecule has 352 valence electrons. The van der Waals surface area contributed by atoms with E-state index in [-0.39, 0.29) is 38.0 Å². The molecule has 0 rings (SSSR count). The third-order valence-electron chi connectivity index (χ3n) is 9.65. The minimum absolute atomic E-state index is 0.0773. The largest absolute Gasteiger partial charge is 0.462 e. The number of carbonyl (C=O) groups excluding carboxylic acids is 3. The first kappa shape index (κ1) is 58.6. The summed E-state index contributed by atoms with van der Waals surface area (Å²) >= 11 is 0. The number of hydrogen-bond acceptors (Lipinski definition) is 6. The van der Waals surface area contributed by atoms with Crippen LogP contribution >= 0.6 is 0 Å². The van der Waals surface area contributed by atoms with Gasteiger partial charge in [0, 0.05) is 12.8 Å². The minimum atomic E-state index is -0.862. The number of esters is 3. The van der Waals surface area contributed by atoms with Crippen molar-refractivity contribution in [2.24, 2.45) is 0 Å². The van der Waals surface area contributed by atoms with Gasteiger partial charge in [-0.25, -0.2) is 0 Å². The zero-order chi connectivity index (χ0) is 45.8. The van der Waals surface area contributed by atoms with E-state index in [1.165, 1.54) is 38.5 Å². The second-order valence-electron chi connectivity index (χ2n) is 15.6. The Bertz CT molecular complexity index is 1420. The Kier molecular flexibility index (Phi) is 46.7. The van der Waals surface area contributed by atoms with Crippen LogP contribution in [0, 0.1) is 0 Å². The van der Waals surface area contributed by atoms with E-state index in [2.05, 4.69) is 142 Å². The first-order valence-electron chi connectivity index (χ1n) is 24.7. The van der Waals surface area contributed by atoms with Crippen LogP contribution in [0.1, 0.15) is 188 Å². The van der Waals surface area contributed by atoms with Crippen molar-refractivity contribution in [3.05, 3.63) is 134 Å². The van der Waals surface area contributed by atoms with Crippen molar-refractivity contribution >= 4 is 17.9 Å². The predicted octanol–water partition coefficient (Wildman–Crippen LogP) is 16.3. The van der Waals surface area contributed by atoms with E-state index < -0.39 is 12.1 Å². The summed E-state index contributed by atoms with van der Waals surface area (Å²) in [6.07, 6.45) is 70.3. The summed E-state index contributed by atoms with van der Waals surface area (Å²) < 4.78 is 16.6. The molecule has 0 heterocycles. The molecule has 1 unspecified atom stereocenters. The Balaban J connectivity index is 4.65. The first-order chi connectivity index (χ1) is 31.0. The molecule has 0 aliphatic heterocycles. The van der Waals surface area contributed by atoms with Crippen LogP contribution in [0.25, 0.3) is 0 Å². The van der Waals surface area contributed by atoms with Crippen LogP contribution < -0.4 is 0 Å².